The Labute approximate surface area is 89.9 Å². The lowest BCUT2D eigenvalue weighted by Crippen LogP contribution is -2.14. The van der Waals surface area contributed by atoms with Crippen molar-refractivity contribution in [2.45, 2.75) is 13.1 Å². The van der Waals surface area contributed by atoms with Crippen LogP contribution in [0.15, 0.2) is 18.2 Å². The van der Waals surface area contributed by atoms with E-state index in [9.17, 15) is 18.0 Å². The van der Waals surface area contributed by atoms with Crippen molar-refractivity contribution in [1.29, 1.82) is 0 Å². The number of halogens is 3. The molecule has 0 fully saturated rings. The number of carbonyl (C=O) groups is 1. The number of alkyl halides is 3. The van der Waals surface area contributed by atoms with E-state index in [1.807, 2.05) is 0 Å². The molecule has 0 radical (unpaired) electrons. The van der Waals surface area contributed by atoms with Crippen molar-refractivity contribution in [3.63, 3.8) is 0 Å². The number of rotatable bonds is 3. The van der Waals surface area contributed by atoms with Crippen LogP contribution >= 0.6 is 0 Å². The van der Waals surface area contributed by atoms with Gasteiger partial charge in [-0.1, -0.05) is 6.07 Å². The van der Waals surface area contributed by atoms with Crippen LogP contribution in [-0.4, -0.2) is 17.6 Å². The van der Waals surface area contributed by atoms with Gasteiger partial charge in [-0.15, -0.1) is 0 Å². The van der Waals surface area contributed by atoms with Gasteiger partial charge in [-0.05, 0) is 24.6 Å². The molecule has 0 aromatic heterocycles. The molecule has 0 heterocycles. The average Bonchev–Trinajstić information content (AvgIpc) is 2.14. The zero-order valence-electron chi connectivity index (χ0n) is 8.43. The van der Waals surface area contributed by atoms with Gasteiger partial charge in [0.15, 0.2) is 0 Å². The first kappa shape index (κ1) is 12.4. The lowest BCUT2D eigenvalue weighted by molar-refractivity contribution is -0.138. The van der Waals surface area contributed by atoms with E-state index in [0.717, 1.165) is 6.07 Å². The third-order valence-corrected chi connectivity index (χ3v) is 1.99. The standard InChI is InChI=1S/C10H10F3NO2/c1-6-2-3-7(14-5-9(15)16)4-8(6)10(11,12)13/h2-4,14H,5H2,1H3,(H,15,16). The molecule has 0 amide bonds. The van der Waals surface area contributed by atoms with Crippen molar-refractivity contribution in [3.8, 4) is 0 Å². The third kappa shape index (κ3) is 3.15. The summed E-state index contributed by atoms with van der Waals surface area (Å²) in [5.41, 5.74) is -0.517. The predicted octanol–water partition coefficient (Wildman–Crippen LogP) is 2.51. The van der Waals surface area contributed by atoms with E-state index in [1.54, 1.807) is 0 Å². The number of nitrogens with one attached hydrogen (secondary N) is 1. The van der Waals surface area contributed by atoms with E-state index in [2.05, 4.69) is 5.32 Å². The smallest absolute Gasteiger partial charge is 0.416 e. The molecule has 1 rings (SSSR count). The summed E-state index contributed by atoms with van der Waals surface area (Å²) in [6.45, 7) is 0.935. The summed E-state index contributed by atoms with van der Waals surface area (Å²) in [6, 6.07) is 3.61. The van der Waals surface area contributed by atoms with Crippen molar-refractivity contribution in [2.75, 3.05) is 11.9 Å². The molecule has 6 heteroatoms. The number of carboxylic acid groups (broad SMARTS) is 1. The fourth-order valence-electron chi connectivity index (χ4n) is 1.22. The first-order valence-corrected chi connectivity index (χ1v) is 4.44. The van der Waals surface area contributed by atoms with E-state index in [4.69, 9.17) is 5.11 Å². The fraction of sp³-hybridized carbons (Fsp3) is 0.300. The maximum Gasteiger partial charge on any atom is 0.416 e. The summed E-state index contributed by atoms with van der Waals surface area (Å²) < 4.78 is 37.5. The van der Waals surface area contributed by atoms with E-state index in [0.29, 0.717) is 0 Å². The first-order chi connectivity index (χ1) is 7.30. The number of hydrogen-bond donors (Lipinski definition) is 2. The predicted molar refractivity (Wildman–Crippen MR) is 52.3 cm³/mol. The molecule has 0 saturated carbocycles. The monoisotopic (exact) mass is 233 g/mol. The maximum atomic E-state index is 12.5. The van der Waals surface area contributed by atoms with Crippen LogP contribution in [-0.2, 0) is 11.0 Å². The zero-order valence-corrected chi connectivity index (χ0v) is 8.43. The summed E-state index contributed by atoms with van der Waals surface area (Å²) in [7, 11) is 0. The second-order valence-electron chi connectivity index (χ2n) is 3.27. The molecule has 1 aromatic rings. The third-order valence-electron chi connectivity index (χ3n) is 1.99. The van der Waals surface area contributed by atoms with E-state index in [1.165, 1.54) is 19.1 Å². The number of carboxylic acids is 1. The summed E-state index contributed by atoms with van der Waals surface area (Å²) in [6.07, 6.45) is -4.43. The first-order valence-electron chi connectivity index (χ1n) is 4.44. The quantitative estimate of drug-likeness (QED) is 0.843. The molecule has 0 aliphatic carbocycles. The molecule has 0 aliphatic rings. The van der Waals surface area contributed by atoms with E-state index < -0.39 is 24.3 Å². The number of aryl methyl sites for hydroxylation is 1. The molecule has 0 spiro atoms. The normalized spacial score (nSPS) is 11.2. The van der Waals surface area contributed by atoms with Crippen LogP contribution in [0.4, 0.5) is 18.9 Å². The van der Waals surface area contributed by atoms with Gasteiger partial charge in [0.2, 0.25) is 0 Å². The van der Waals surface area contributed by atoms with Gasteiger partial charge < -0.3 is 10.4 Å². The van der Waals surface area contributed by atoms with Crippen LogP contribution in [0.2, 0.25) is 0 Å². The molecule has 0 bridgehead atoms. The van der Waals surface area contributed by atoms with Crippen LogP contribution in [0.1, 0.15) is 11.1 Å². The molecule has 0 aliphatic heterocycles. The minimum atomic E-state index is -4.43. The van der Waals surface area contributed by atoms with Crippen LogP contribution < -0.4 is 5.32 Å². The Balaban J connectivity index is 2.94. The van der Waals surface area contributed by atoms with Crippen LogP contribution in [0.3, 0.4) is 0 Å². The minimum Gasteiger partial charge on any atom is -0.480 e. The number of aliphatic carboxylic acids is 1. The second kappa shape index (κ2) is 4.42. The molecular weight excluding hydrogens is 223 g/mol. The van der Waals surface area contributed by atoms with Crippen LogP contribution in [0.5, 0.6) is 0 Å². The molecule has 0 atom stereocenters. The molecule has 3 nitrogen and oxygen atoms in total. The van der Waals surface area contributed by atoms with Crippen molar-refractivity contribution in [1.82, 2.24) is 0 Å². The van der Waals surface area contributed by atoms with E-state index >= 15 is 0 Å². The van der Waals surface area contributed by atoms with Crippen molar-refractivity contribution in [3.05, 3.63) is 29.3 Å². The SMILES string of the molecule is Cc1ccc(NCC(=O)O)cc1C(F)(F)F. The highest BCUT2D eigenvalue weighted by Crippen LogP contribution is 2.33. The molecule has 88 valence electrons. The van der Waals surface area contributed by atoms with Gasteiger partial charge in [0.05, 0.1) is 5.56 Å². The van der Waals surface area contributed by atoms with Gasteiger partial charge in [-0.25, -0.2) is 0 Å². The number of hydrogen-bond acceptors (Lipinski definition) is 2. The minimum absolute atomic E-state index is 0.105. The van der Waals surface area contributed by atoms with Crippen LogP contribution in [0, 0.1) is 6.92 Å². The Kier molecular flexibility index (Phi) is 3.41. The molecule has 0 saturated heterocycles. The summed E-state index contributed by atoms with van der Waals surface area (Å²) >= 11 is 0. The van der Waals surface area contributed by atoms with Crippen molar-refractivity contribution >= 4 is 11.7 Å². The van der Waals surface area contributed by atoms with Gasteiger partial charge in [0.1, 0.15) is 6.54 Å². The summed E-state index contributed by atoms with van der Waals surface area (Å²) in [5, 5.41) is 10.8. The Morgan fingerprint density at radius 1 is 1.44 bits per heavy atom. The Hall–Kier alpha value is -1.72. The largest absolute Gasteiger partial charge is 0.480 e. The zero-order chi connectivity index (χ0) is 12.3. The molecule has 1 aromatic carbocycles. The highest BCUT2D eigenvalue weighted by molar-refractivity contribution is 5.72. The summed E-state index contributed by atoms with van der Waals surface area (Å²) in [5.74, 6) is -1.13. The number of anilines is 1. The highest BCUT2D eigenvalue weighted by atomic mass is 19.4. The van der Waals surface area contributed by atoms with Crippen molar-refractivity contribution < 1.29 is 23.1 Å². The lowest BCUT2D eigenvalue weighted by Gasteiger charge is -2.12. The fourth-order valence-corrected chi connectivity index (χ4v) is 1.22. The Morgan fingerprint density at radius 2 is 2.06 bits per heavy atom. The molecule has 0 unspecified atom stereocenters. The topological polar surface area (TPSA) is 49.3 Å². The Bertz CT molecular complexity index is 402. The second-order valence-corrected chi connectivity index (χ2v) is 3.27. The van der Waals surface area contributed by atoms with Gasteiger partial charge >= 0.3 is 12.1 Å². The van der Waals surface area contributed by atoms with E-state index in [-0.39, 0.29) is 11.3 Å². The molecular formula is C10H10F3NO2. The van der Waals surface area contributed by atoms with Gasteiger partial charge in [0, 0.05) is 5.69 Å². The van der Waals surface area contributed by atoms with Gasteiger partial charge in [-0.3, -0.25) is 4.79 Å². The lowest BCUT2D eigenvalue weighted by atomic mass is 10.1. The Morgan fingerprint density at radius 3 is 2.56 bits per heavy atom. The van der Waals surface area contributed by atoms with Gasteiger partial charge in [0.25, 0.3) is 0 Å². The number of benzene rings is 1. The molecule has 16 heavy (non-hydrogen) atoms. The van der Waals surface area contributed by atoms with Crippen molar-refractivity contribution in [2.24, 2.45) is 0 Å². The molecule has 2 N–H and O–H groups in total. The average molecular weight is 233 g/mol. The highest BCUT2D eigenvalue weighted by Gasteiger charge is 2.32. The van der Waals surface area contributed by atoms with Gasteiger partial charge in [-0.2, -0.15) is 13.2 Å². The maximum absolute atomic E-state index is 12.5. The van der Waals surface area contributed by atoms with Crippen LogP contribution in [0.25, 0.3) is 0 Å². The summed E-state index contributed by atoms with van der Waals surface area (Å²) in [4.78, 5) is 10.2.